The van der Waals surface area contributed by atoms with Crippen molar-refractivity contribution in [2.24, 2.45) is 0 Å². The smallest absolute Gasteiger partial charge is 0.316 e. The third-order valence-electron chi connectivity index (χ3n) is 8.98. The molecule has 0 aromatic heterocycles. The molecule has 232 valence electrons. The Labute approximate surface area is 246 Å². The van der Waals surface area contributed by atoms with Gasteiger partial charge in [0.05, 0.1) is 53.3 Å². The number of hydrogen-bond donors (Lipinski definition) is 6. The molecule has 7 unspecified atom stereocenters. The average Bonchev–Trinajstić information content (AvgIpc) is 2.95. The third-order valence-corrected chi connectivity index (χ3v) is 8.98. The number of fused-ring (bicyclic) bond motifs is 3. The average molecular weight is 602 g/mol. The van der Waals surface area contributed by atoms with Crippen molar-refractivity contribution in [3.8, 4) is 23.0 Å². The first-order valence-electron chi connectivity index (χ1n) is 13.9. The first-order chi connectivity index (χ1) is 20.2. The first-order valence-corrected chi connectivity index (χ1v) is 13.9. The van der Waals surface area contributed by atoms with Gasteiger partial charge in [-0.25, -0.2) is 0 Å². The van der Waals surface area contributed by atoms with Gasteiger partial charge in [0.15, 0.2) is 6.29 Å². The van der Waals surface area contributed by atoms with Crippen LogP contribution in [0, 0.1) is 0 Å². The van der Waals surface area contributed by atoms with E-state index in [2.05, 4.69) is 0 Å². The Kier molecular flexibility index (Phi) is 7.68. The zero-order valence-electron chi connectivity index (χ0n) is 24.3. The van der Waals surface area contributed by atoms with Crippen molar-refractivity contribution in [1.29, 1.82) is 0 Å². The number of esters is 1. The Hall–Kier alpha value is -3.75. The number of benzene rings is 2. The predicted molar refractivity (Wildman–Crippen MR) is 147 cm³/mol. The SMILES string of the molecule is CCC1(O)CC(OC2CC(N(C)C)C(O)C(C)O2)c2c(O)c3c(c(O)c2C1C(=O)OC)C(=O)c1c(O)ccc(O)c1C3=O. The molecular weight excluding hydrogens is 566 g/mol. The lowest BCUT2D eigenvalue weighted by molar-refractivity contribution is -0.258. The van der Waals surface area contributed by atoms with Gasteiger partial charge in [-0.05, 0) is 39.6 Å². The van der Waals surface area contributed by atoms with Crippen LogP contribution < -0.4 is 0 Å². The van der Waals surface area contributed by atoms with Gasteiger partial charge in [-0.3, -0.25) is 14.4 Å². The number of hydrogen-bond acceptors (Lipinski definition) is 13. The molecule has 2 aromatic carbocycles. The summed E-state index contributed by atoms with van der Waals surface area (Å²) in [6.45, 7) is 3.25. The normalized spacial score (nSPS) is 30.0. The van der Waals surface area contributed by atoms with Crippen LogP contribution in [0.15, 0.2) is 12.1 Å². The van der Waals surface area contributed by atoms with E-state index in [0.717, 1.165) is 19.2 Å². The number of ketones is 2. The number of aliphatic hydroxyl groups excluding tert-OH is 1. The Bertz CT molecular complexity index is 1520. The standard InChI is InChI=1S/C30H35NO12/c1-6-30(40)10-15(43-16-9-12(31(3)4)24(34)11(2)42-16)19-20(23(30)29(39)41-5)28(38)22-21(27(19)37)25(35)17-13(32)7-8-14(33)18(17)26(22)36/h7-8,11-12,15-16,23-24,32-34,37-38,40H,6,9-10H2,1-5H3. The highest BCUT2D eigenvalue weighted by molar-refractivity contribution is 6.32. The molecule has 0 amide bonds. The molecule has 1 fully saturated rings. The number of phenols is 4. The monoisotopic (exact) mass is 601 g/mol. The maximum Gasteiger partial charge on any atom is 0.316 e. The van der Waals surface area contributed by atoms with Gasteiger partial charge >= 0.3 is 5.97 Å². The lowest BCUT2D eigenvalue weighted by Crippen LogP contribution is -2.54. The molecule has 3 aliphatic rings. The molecule has 6 N–H and O–H groups in total. The Morgan fingerprint density at radius 2 is 1.53 bits per heavy atom. The van der Waals surface area contributed by atoms with Crippen LogP contribution in [0.25, 0.3) is 0 Å². The summed E-state index contributed by atoms with van der Waals surface area (Å²) in [7, 11) is 4.63. The first kappa shape index (κ1) is 30.7. The summed E-state index contributed by atoms with van der Waals surface area (Å²) in [5.74, 6) is -7.71. The van der Waals surface area contributed by atoms with E-state index in [4.69, 9.17) is 14.2 Å². The van der Waals surface area contributed by atoms with Gasteiger partial charge in [0.2, 0.25) is 11.6 Å². The van der Waals surface area contributed by atoms with Crippen LogP contribution in [0.1, 0.15) is 88.1 Å². The fourth-order valence-electron chi connectivity index (χ4n) is 6.65. The molecule has 2 aliphatic carbocycles. The maximum atomic E-state index is 13.7. The number of methoxy groups -OCH3 is 1. The fraction of sp³-hybridized carbons (Fsp3) is 0.500. The number of aliphatic hydroxyl groups is 2. The molecule has 2 aromatic rings. The molecule has 43 heavy (non-hydrogen) atoms. The molecular formula is C30H35NO12. The second-order valence-corrected chi connectivity index (χ2v) is 11.6. The second kappa shape index (κ2) is 10.8. The lowest BCUT2D eigenvalue weighted by atomic mass is 9.66. The van der Waals surface area contributed by atoms with Crippen molar-refractivity contribution in [1.82, 2.24) is 4.90 Å². The largest absolute Gasteiger partial charge is 0.507 e. The van der Waals surface area contributed by atoms with Gasteiger partial charge in [-0.1, -0.05) is 6.92 Å². The number of carbonyl (C=O) groups is 3. The highest BCUT2D eigenvalue weighted by atomic mass is 16.7. The minimum Gasteiger partial charge on any atom is -0.507 e. The molecule has 0 spiro atoms. The van der Waals surface area contributed by atoms with Crippen LogP contribution in [0.2, 0.25) is 0 Å². The molecule has 13 nitrogen and oxygen atoms in total. The molecule has 0 radical (unpaired) electrons. The number of ether oxygens (including phenoxy) is 3. The maximum absolute atomic E-state index is 13.7. The van der Waals surface area contributed by atoms with Crippen molar-refractivity contribution in [2.75, 3.05) is 21.2 Å². The second-order valence-electron chi connectivity index (χ2n) is 11.6. The van der Waals surface area contributed by atoms with Gasteiger partial charge in [0.1, 0.15) is 28.9 Å². The van der Waals surface area contributed by atoms with Crippen LogP contribution in [0.4, 0.5) is 0 Å². The van der Waals surface area contributed by atoms with Crippen molar-refractivity contribution < 1.29 is 59.2 Å². The Morgan fingerprint density at radius 1 is 1.00 bits per heavy atom. The van der Waals surface area contributed by atoms with Crippen LogP contribution in [0.3, 0.4) is 0 Å². The minimum absolute atomic E-state index is 0.0469. The van der Waals surface area contributed by atoms with Crippen LogP contribution >= 0.6 is 0 Å². The molecule has 5 rings (SSSR count). The molecule has 1 aliphatic heterocycles. The summed E-state index contributed by atoms with van der Waals surface area (Å²) in [5, 5.41) is 66.7. The molecule has 0 bridgehead atoms. The number of likely N-dealkylation sites (N-methyl/N-ethyl adjacent to an activating group) is 1. The van der Waals surface area contributed by atoms with Crippen molar-refractivity contribution in [3.63, 3.8) is 0 Å². The summed E-state index contributed by atoms with van der Waals surface area (Å²) in [4.78, 5) is 42.3. The molecule has 1 heterocycles. The topological polar surface area (TPSA) is 204 Å². The highest BCUT2D eigenvalue weighted by Gasteiger charge is 2.55. The number of rotatable bonds is 5. The van der Waals surface area contributed by atoms with Crippen molar-refractivity contribution in [3.05, 3.63) is 45.5 Å². The van der Waals surface area contributed by atoms with Gasteiger partial charge in [0.25, 0.3) is 0 Å². The zero-order chi connectivity index (χ0) is 31.7. The zero-order valence-corrected chi connectivity index (χ0v) is 24.3. The summed E-state index contributed by atoms with van der Waals surface area (Å²) in [6, 6.07) is 1.62. The third kappa shape index (κ3) is 4.54. The molecule has 7 atom stereocenters. The van der Waals surface area contributed by atoms with E-state index in [0.29, 0.717) is 0 Å². The van der Waals surface area contributed by atoms with Crippen LogP contribution in [-0.2, 0) is 19.0 Å². The number of nitrogens with zero attached hydrogens (tertiary/aromatic N) is 1. The molecule has 13 heteroatoms. The number of carbonyl (C=O) groups excluding carboxylic acids is 3. The van der Waals surface area contributed by atoms with Gasteiger partial charge in [0, 0.05) is 30.0 Å². The summed E-state index contributed by atoms with van der Waals surface area (Å²) in [5.41, 5.74) is -5.05. The van der Waals surface area contributed by atoms with E-state index >= 15 is 0 Å². The van der Waals surface area contributed by atoms with E-state index in [1.807, 2.05) is 0 Å². The van der Waals surface area contributed by atoms with Gasteiger partial charge < -0.3 is 49.7 Å². The van der Waals surface area contributed by atoms with E-state index in [1.54, 1.807) is 32.8 Å². The number of phenolic OH excluding ortho intramolecular Hbond substituents is 4. The van der Waals surface area contributed by atoms with Gasteiger partial charge in [-0.15, -0.1) is 0 Å². The molecule has 0 saturated carbocycles. The number of aromatic hydroxyl groups is 4. The summed E-state index contributed by atoms with van der Waals surface area (Å²) >= 11 is 0. The summed E-state index contributed by atoms with van der Waals surface area (Å²) < 4.78 is 17.1. The Morgan fingerprint density at radius 3 is 2.02 bits per heavy atom. The van der Waals surface area contributed by atoms with Crippen molar-refractivity contribution >= 4 is 17.5 Å². The quantitative estimate of drug-likeness (QED) is 0.182. The minimum atomic E-state index is -1.91. The Balaban J connectivity index is 1.75. The van der Waals surface area contributed by atoms with E-state index in [1.165, 1.54) is 0 Å². The van der Waals surface area contributed by atoms with Crippen molar-refractivity contribution in [2.45, 2.75) is 75.3 Å². The van der Waals surface area contributed by atoms with E-state index < -0.39 is 98.9 Å². The highest BCUT2D eigenvalue weighted by Crippen LogP contribution is 2.57. The van der Waals surface area contributed by atoms with Gasteiger partial charge in [-0.2, -0.15) is 0 Å². The summed E-state index contributed by atoms with van der Waals surface area (Å²) in [6.07, 6.45) is -3.97. The fourth-order valence-corrected chi connectivity index (χ4v) is 6.65. The van der Waals surface area contributed by atoms with E-state index in [9.17, 15) is 45.0 Å². The van der Waals surface area contributed by atoms with Crippen LogP contribution in [0.5, 0.6) is 23.0 Å². The van der Waals surface area contributed by atoms with Crippen LogP contribution in [-0.4, -0.2) is 104 Å². The van der Waals surface area contributed by atoms with E-state index in [-0.39, 0.29) is 36.4 Å². The lowest BCUT2D eigenvalue weighted by Gasteiger charge is -2.46. The predicted octanol–water partition coefficient (Wildman–Crippen LogP) is 1.57. The molecule has 1 saturated heterocycles.